The number of rotatable bonds is 5. The molecule has 0 bridgehead atoms. The quantitative estimate of drug-likeness (QED) is 0.599. The molecule has 0 aromatic rings. The molecule has 0 aliphatic heterocycles. The molecule has 116 valence electrons. The zero-order chi connectivity index (χ0) is 16.1. The Hall–Kier alpha value is -1.59. The lowest BCUT2D eigenvalue weighted by molar-refractivity contribution is -0.157. The van der Waals surface area contributed by atoms with Crippen LogP contribution in [0, 0.1) is 11.3 Å². The van der Waals surface area contributed by atoms with Crippen molar-refractivity contribution in [3.05, 3.63) is 0 Å². The Morgan fingerprint density at radius 1 is 1.20 bits per heavy atom. The highest BCUT2D eigenvalue weighted by atomic mass is 16.5. The van der Waals surface area contributed by atoms with Crippen LogP contribution < -0.4 is 5.32 Å². The van der Waals surface area contributed by atoms with E-state index >= 15 is 0 Å². The molecule has 0 saturated carbocycles. The lowest BCUT2D eigenvalue weighted by atomic mass is 9.80. The molecule has 0 aromatic carbocycles. The third-order valence-electron chi connectivity index (χ3n) is 2.82. The molecule has 0 spiro atoms. The van der Waals surface area contributed by atoms with Crippen molar-refractivity contribution in [1.29, 1.82) is 0 Å². The van der Waals surface area contributed by atoms with Gasteiger partial charge in [0.2, 0.25) is 11.8 Å². The summed E-state index contributed by atoms with van der Waals surface area (Å²) in [5, 5.41) is 2.58. The van der Waals surface area contributed by atoms with Gasteiger partial charge >= 0.3 is 5.97 Å². The predicted molar refractivity (Wildman–Crippen MR) is 75.9 cm³/mol. The maximum atomic E-state index is 12.3. The van der Waals surface area contributed by atoms with E-state index in [0.717, 1.165) is 0 Å². The zero-order valence-electron chi connectivity index (χ0n) is 13.4. The number of likely N-dealkylation sites (N-methyl/N-ethyl adjacent to an activating group) is 1. The Labute approximate surface area is 120 Å². The van der Waals surface area contributed by atoms with E-state index in [1.54, 1.807) is 48.7 Å². The summed E-state index contributed by atoms with van der Waals surface area (Å²) in [7, 11) is 3.22. The minimum Gasteiger partial charge on any atom is -0.465 e. The average molecular weight is 286 g/mol. The van der Waals surface area contributed by atoms with Crippen LogP contribution in [0.1, 0.15) is 34.6 Å². The first-order valence-electron chi connectivity index (χ1n) is 6.70. The Bertz CT molecular complexity index is 372. The molecule has 0 saturated heterocycles. The first-order chi connectivity index (χ1) is 9.02. The van der Waals surface area contributed by atoms with Gasteiger partial charge in [-0.25, -0.2) is 0 Å². The van der Waals surface area contributed by atoms with E-state index in [4.69, 9.17) is 4.74 Å². The number of amides is 2. The minimum absolute atomic E-state index is 0.213. The summed E-state index contributed by atoms with van der Waals surface area (Å²) in [6.07, 6.45) is 0. The molecule has 0 rings (SSSR count). The Morgan fingerprint density at radius 2 is 1.70 bits per heavy atom. The van der Waals surface area contributed by atoms with Crippen LogP contribution in [0.15, 0.2) is 0 Å². The van der Waals surface area contributed by atoms with Crippen LogP contribution in [-0.4, -0.2) is 49.4 Å². The minimum atomic E-state index is -0.945. The van der Waals surface area contributed by atoms with E-state index in [0.29, 0.717) is 0 Å². The summed E-state index contributed by atoms with van der Waals surface area (Å²) in [4.78, 5) is 37.3. The van der Waals surface area contributed by atoms with Gasteiger partial charge in [0.1, 0.15) is 12.0 Å². The van der Waals surface area contributed by atoms with Crippen molar-refractivity contribution in [2.45, 2.75) is 40.7 Å². The van der Waals surface area contributed by atoms with Gasteiger partial charge in [0.25, 0.3) is 0 Å². The molecule has 1 N–H and O–H groups in total. The maximum Gasteiger partial charge on any atom is 0.319 e. The zero-order valence-corrected chi connectivity index (χ0v) is 13.4. The summed E-state index contributed by atoms with van der Waals surface area (Å²) < 4.78 is 4.95. The lowest BCUT2D eigenvalue weighted by Gasteiger charge is -2.29. The fraction of sp³-hybridized carbons (Fsp3) is 0.786. The molecule has 0 aliphatic carbocycles. The van der Waals surface area contributed by atoms with Gasteiger partial charge in [0, 0.05) is 14.1 Å². The van der Waals surface area contributed by atoms with E-state index in [1.807, 2.05) is 0 Å². The normalized spacial score (nSPS) is 14.2. The van der Waals surface area contributed by atoms with Crippen molar-refractivity contribution in [3.63, 3.8) is 0 Å². The fourth-order valence-corrected chi connectivity index (χ4v) is 1.83. The lowest BCUT2D eigenvalue weighted by Crippen LogP contribution is -2.50. The number of nitrogens with zero attached hydrogens (tertiary/aromatic N) is 1. The molecule has 0 aliphatic rings. The number of hydrogen-bond acceptors (Lipinski definition) is 4. The largest absolute Gasteiger partial charge is 0.465 e. The van der Waals surface area contributed by atoms with Crippen LogP contribution in [0.25, 0.3) is 0 Å². The first-order valence-corrected chi connectivity index (χ1v) is 6.70. The molecule has 2 amide bonds. The third-order valence-corrected chi connectivity index (χ3v) is 2.82. The first kappa shape index (κ1) is 18.4. The number of ether oxygens (including phenoxy) is 1. The maximum absolute atomic E-state index is 12.3. The van der Waals surface area contributed by atoms with Gasteiger partial charge in [-0.15, -0.1) is 0 Å². The molecule has 6 nitrogen and oxygen atoms in total. The van der Waals surface area contributed by atoms with Crippen molar-refractivity contribution in [1.82, 2.24) is 10.2 Å². The standard InChI is InChI=1S/C14H26N2O4/c1-8-20-13(19)10(14(3,4)5)11(17)15-9(2)12(18)16(6)7/h9-10H,8H2,1-7H3,(H,15,17). The molecule has 20 heavy (non-hydrogen) atoms. The number of carbonyl (C=O) groups excluding carboxylic acids is 3. The van der Waals surface area contributed by atoms with Crippen molar-refractivity contribution in [2.75, 3.05) is 20.7 Å². The van der Waals surface area contributed by atoms with Crippen LogP contribution in [0.5, 0.6) is 0 Å². The SMILES string of the molecule is CCOC(=O)C(C(=O)NC(C)C(=O)N(C)C)C(C)(C)C. The summed E-state index contributed by atoms with van der Waals surface area (Å²) in [5.41, 5.74) is -0.586. The van der Waals surface area contributed by atoms with Crippen LogP contribution in [-0.2, 0) is 19.1 Å². The monoisotopic (exact) mass is 286 g/mol. The van der Waals surface area contributed by atoms with E-state index < -0.39 is 29.3 Å². The second kappa shape index (κ2) is 7.26. The molecular formula is C14H26N2O4. The van der Waals surface area contributed by atoms with Gasteiger partial charge < -0.3 is 15.0 Å². The van der Waals surface area contributed by atoms with Crippen LogP contribution >= 0.6 is 0 Å². The molecular weight excluding hydrogens is 260 g/mol. The van der Waals surface area contributed by atoms with Crippen LogP contribution in [0.3, 0.4) is 0 Å². The smallest absolute Gasteiger partial charge is 0.319 e. The molecule has 0 radical (unpaired) electrons. The van der Waals surface area contributed by atoms with Gasteiger partial charge in [0.15, 0.2) is 0 Å². The molecule has 0 fully saturated rings. The molecule has 0 heterocycles. The highest BCUT2D eigenvalue weighted by Crippen LogP contribution is 2.27. The van der Waals surface area contributed by atoms with E-state index in [9.17, 15) is 14.4 Å². The number of hydrogen-bond donors (Lipinski definition) is 1. The number of esters is 1. The van der Waals surface area contributed by atoms with Crippen molar-refractivity contribution >= 4 is 17.8 Å². The topological polar surface area (TPSA) is 75.7 Å². The van der Waals surface area contributed by atoms with Crippen molar-refractivity contribution in [3.8, 4) is 0 Å². The Kier molecular flexibility index (Phi) is 6.68. The van der Waals surface area contributed by atoms with Crippen LogP contribution in [0.2, 0.25) is 0 Å². The van der Waals surface area contributed by atoms with Gasteiger partial charge in [-0.2, -0.15) is 0 Å². The molecule has 2 atom stereocenters. The Balaban J connectivity index is 4.99. The molecule has 2 unspecified atom stereocenters. The second-order valence-corrected chi connectivity index (χ2v) is 6.01. The second-order valence-electron chi connectivity index (χ2n) is 6.01. The van der Waals surface area contributed by atoms with E-state index in [1.165, 1.54) is 4.90 Å². The number of nitrogens with one attached hydrogen (secondary N) is 1. The predicted octanol–water partition coefficient (Wildman–Crippen LogP) is 0.805. The summed E-state index contributed by atoms with van der Waals surface area (Å²) in [6, 6.07) is -0.684. The van der Waals surface area contributed by atoms with Gasteiger partial charge in [-0.1, -0.05) is 20.8 Å². The highest BCUT2D eigenvalue weighted by molar-refractivity contribution is 6.00. The van der Waals surface area contributed by atoms with E-state index in [-0.39, 0.29) is 12.5 Å². The molecule has 0 aromatic heterocycles. The third kappa shape index (κ3) is 5.19. The molecule has 6 heteroatoms. The van der Waals surface area contributed by atoms with Gasteiger partial charge in [-0.3, -0.25) is 14.4 Å². The Morgan fingerprint density at radius 3 is 2.05 bits per heavy atom. The van der Waals surface area contributed by atoms with Gasteiger partial charge in [-0.05, 0) is 19.3 Å². The summed E-state index contributed by atoms with van der Waals surface area (Å²) >= 11 is 0. The average Bonchev–Trinajstić information content (AvgIpc) is 2.25. The van der Waals surface area contributed by atoms with E-state index in [2.05, 4.69) is 5.32 Å². The highest BCUT2D eigenvalue weighted by Gasteiger charge is 2.39. The number of carbonyl (C=O) groups is 3. The summed E-state index contributed by atoms with van der Waals surface area (Å²) in [5.74, 6) is -2.23. The van der Waals surface area contributed by atoms with Crippen LogP contribution in [0.4, 0.5) is 0 Å². The summed E-state index contributed by atoms with van der Waals surface area (Å²) in [6.45, 7) is 8.84. The van der Waals surface area contributed by atoms with Crippen molar-refractivity contribution in [2.24, 2.45) is 11.3 Å². The van der Waals surface area contributed by atoms with Gasteiger partial charge in [0.05, 0.1) is 6.61 Å². The van der Waals surface area contributed by atoms with Crippen molar-refractivity contribution < 1.29 is 19.1 Å². The fourth-order valence-electron chi connectivity index (χ4n) is 1.83.